The first kappa shape index (κ1) is 8.68. The fourth-order valence-electron chi connectivity index (χ4n) is 2.63. The standard InChI is InChI=1S/C10H17N3O/c11-9(14)8-3-6-4-10(6,13-8)5-12-7-1-2-7/h6-8,12-13H,1-5H2,(H2,11,14). The number of fused-ring (bicyclic) bond motifs is 1. The number of rotatable bonds is 4. The SMILES string of the molecule is NC(=O)C1CC2CC2(CNC2CC2)N1. The zero-order valence-corrected chi connectivity index (χ0v) is 8.25. The molecule has 14 heavy (non-hydrogen) atoms. The van der Waals surface area contributed by atoms with Crippen LogP contribution in [0.25, 0.3) is 0 Å². The van der Waals surface area contributed by atoms with E-state index in [0.717, 1.165) is 19.0 Å². The third kappa shape index (κ3) is 1.33. The predicted octanol–water partition coefficient (Wildman–Crippen LogP) is -0.656. The Bertz CT molecular complexity index is 277. The van der Waals surface area contributed by atoms with Crippen molar-refractivity contribution in [2.24, 2.45) is 11.7 Å². The molecule has 4 nitrogen and oxygen atoms in total. The molecule has 3 aliphatic rings. The molecule has 0 bridgehead atoms. The average molecular weight is 195 g/mol. The minimum Gasteiger partial charge on any atom is -0.368 e. The van der Waals surface area contributed by atoms with E-state index >= 15 is 0 Å². The van der Waals surface area contributed by atoms with Crippen molar-refractivity contribution in [1.29, 1.82) is 0 Å². The lowest BCUT2D eigenvalue weighted by molar-refractivity contribution is -0.120. The third-order valence-electron chi connectivity index (χ3n) is 3.84. The van der Waals surface area contributed by atoms with Crippen LogP contribution in [-0.4, -0.2) is 30.1 Å². The molecular formula is C10H17N3O. The second-order valence-electron chi connectivity index (χ2n) is 5.05. The maximum atomic E-state index is 11.0. The lowest BCUT2D eigenvalue weighted by Crippen LogP contribution is -2.47. The monoisotopic (exact) mass is 195 g/mol. The molecule has 0 radical (unpaired) electrons. The number of primary amides is 1. The van der Waals surface area contributed by atoms with E-state index < -0.39 is 0 Å². The van der Waals surface area contributed by atoms with Gasteiger partial charge in [-0.2, -0.15) is 0 Å². The summed E-state index contributed by atoms with van der Waals surface area (Å²) in [5.74, 6) is 0.495. The molecule has 2 aliphatic carbocycles. The first-order chi connectivity index (χ1) is 6.70. The van der Waals surface area contributed by atoms with Gasteiger partial charge in [-0.25, -0.2) is 0 Å². The molecule has 1 amide bonds. The van der Waals surface area contributed by atoms with Crippen molar-refractivity contribution < 1.29 is 4.79 Å². The van der Waals surface area contributed by atoms with E-state index in [-0.39, 0.29) is 17.5 Å². The summed E-state index contributed by atoms with van der Waals surface area (Å²) >= 11 is 0. The number of nitrogens with one attached hydrogen (secondary N) is 2. The quantitative estimate of drug-likeness (QED) is 0.558. The highest BCUT2D eigenvalue weighted by Crippen LogP contribution is 2.51. The normalized spacial score (nSPS) is 44.9. The molecule has 3 rings (SSSR count). The molecule has 0 aromatic heterocycles. The Kier molecular flexibility index (Phi) is 1.67. The highest BCUT2D eigenvalue weighted by Gasteiger charge is 2.60. The minimum atomic E-state index is -0.192. The molecule has 4 heteroatoms. The van der Waals surface area contributed by atoms with Gasteiger partial charge >= 0.3 is 0 Å². The fraction of sp³-hybridized carbons (Fsp3) is 0.900. The van der Waals surface area contributed by atoms with E-state index in [1.54, 1.807) is 0 Å². The summed E-state index contributed by atoms with van der Waals surface area (Å²) < 4.78 is 0. The summed E-state index contributed by atoms with van der Waals surface area (Å²) in [5, 5.41) is 6.91. The van der Waals surface area contributed by atoms with E-state index in [2.05, 4.69) is 10.6 Å². The number of amides is 1. The highest BCUT2D eigenvalue weighted by atomic mass is 16.1. The molecule has 0 aromatic rings. The van der Waals surface area contributed by atoms with Gasteiger partial charge in [0.15, 0.2) is 0 Å². The highest BCUT2D eigenvalue weighted by molar-refractivity contribution is 5.80. The molecule has 78 valence electrons. The Morgan fingerprint density at radius 1 is 1.57 bits per heavy atom. The molecule has 1 aliphatic heterocycles. The number of nitrogens with two attached hydrogens (primary N) is 1. The number of hydrogen-bond acceptors (Lipinski definition) is 3. The van der Waals surface area contributed by atoms with Gasteiger partial charge in [0, 0.05) is 18.1 Å². The van der Waals surface area contributed by atoms with Crippen LogP contribution in [0.2, 0.25) is 0 Å². The van der Waals surface area contributed by atoms with Gasteiger partial charge in [-0.05, 0) is 31.6 Å². The summed E-state index contributed by atoms with van der Waals surface area (Å²) in [5.41, 5.74) is 5.51. The molecular weight excluding hydrogens is 178 g/mol. The van der Waals surface area contributed by atoms with E-state index in [1.807, 2.05) is 0 Å². The molecule has 0 spiro atoms. The van der Waals surface area contributed by atoms with E-state index in [1.165, 1.54) is 19.3 Å². The van der Waals surface area contributed by atoms with E-state index in [0.29, 0.717) is 5.92 Å². The van der Waals surface area contributed by atoms with Crippen LogP contribution in [0, 0.1) is 5.92 Å². The summed E-state index contributed by atoms with van der Waals surface area (Å²) in [6.45, 7) is 1.02. The van der Waals surface area contributed by atoms with Gasteiger partial charge in [-0.1, -0.05) is 0 Å². The maximum Gasteiger partial charge on any atom is 0.234 e. The third-order valence-corrected chi connectivity index (χ3v) is 3.84. The van der Waals surface area contributed by atoms with Crippen molar-refractivity contribution in [3.63, 3.8) is 0 Å². The summed E-state index contributed by atoms with van der Waals surface area (Å²) in [4.78, 5) is 11.0. The molecule has 2 saturated carbocycles. The van der Waals surface area contributed by atoms with Crippen LogP contribution < -0.4 is 16.4 Å². The van der Waals surface area contributed by atoms with Gasteiger partial charge < -0.3 is 11.1 Å². The summed E-state index contributed by atoms with van der Waals surface area (Å²) in [6.07, 6.45) is 4.80. The molecule has 1 saturated heterocycles. The van der Waals surface area contributed by atoms with Crippen LogP contribution in [0.1, 0.15) is 25.7 Å². The largest absolute Gasteiger partial charge is 0.368 e. The second-order valence-corrected chi connectivity index (χ2v) is 5.05. The Morgan fingerprint density at radius 3 is 2.93 bits per heavy atom. The van der Waals surface area contributed by atoms with Crippen molar-refractivity contribution >= 4 is 5.91 Å². The Morgan fingerprint density at radius 2 is 2.36 bits per heavy atom. The molecule has 0 aromatic carbocycles. The number of carbonyl (C=O) groups excluding carboxylic acids is 1. The fourth-order valence-corrected chi connectivity index (χ4v) is 2.63. The van der Waals surface area contributed by atoms with Crippen molar-refractivity contribution in [3.8, 4) is 0 Å². The first-order valence-corrected chi connectivity index (χ1v) is 5.50. The maximum absolute atomic E-state index is 11.0. The van der Waals surface area contributed by atoms with Gasteiger partial charge in [0.05, 0.1) is 6.04 Å². The number of carbonyl (C=O) groups is 1. The van der Waals surface area contributed by atoms with Gasteiger partial charge in [0.2, 0.25) is 5.91 Å². The number of piperidine rings is 1. The van der Waals surface area contributed by atoms with Crippen LogP contribution >= 0.6 is 0 Å². The zero-order valence-electron chi connectivity index (χ0n) is 8.25. The summed E-state index contributed by atoms with van der Waals surface area (Å²) in [6, 6.07) is 0.676. The lowest BCUT2D eigenvalue weighted by atomic mass is 10.2. The lowest BCUT2D eigenvalue weighted by Gasteiger charge is -2.17. The van der Waals surface area contributed by atoms with Gasteiger partial charge in [0.25, 0.3) is 0 Å². The average Bonchev–Trinajstić information content (AvgIpc) is 3.04. The second kappa shape index (κ2) is 2.70. The van der Waals surface area contributed by atoms with Crippen molar-refractivity contribution in [1.82, 2.24) is 10.6 Å². The topological polar surface area (TPSA) is 67.2 Å². The van der Waals surface area contributed by atoms with Crippen LogP contribution in [-0.2, 0) is 4.79 Å². The predicted molar refractivity (Wildman–Crippen MR) is 52.6 cm³/mol. The van der Waals surface area contributed by atoms with Gasteiger partial charge in [-0.15, -0.1) is 0 Å². The molecule has 3 fully saturated rings. The van der Waals surface area contributed by atoms with E-state index in [9.17, 15) is 4.79 Å². The van der Waals surface area contributed by atoms with Crippen LogP contribution in [0.4, 0.5) is 0 Å². The molecule has 1 heterocycles. The molecule has 3 atom stereocenters. The van der Waals surface area contributed by atoms with Crippen molar-refractivity contribution in [3.05, 3.63) is 0 Å². The molecule has 3 unspecified atom stereocenters. The number of hydrogen-bond donors (Lipinski definition) is 3. The summed E-state index contributed by atoms with van der Waals surface area (Å²) in [7, 11) is 0. The molecule has 4 N–H and O–H groups in total. The van der Waals surface area contributed by atoms with Crippen LogP contribution in [0.3, 0.4) is 0 Å². The smallest absolute Gasteiger partial charge is 0.234 e. The van der Waals surface area contributed by atoms with Gasteiger partial charge in [0.1, 0.15) is 0 Å². The Labute approximate surface area is 83.6 Å². The van der Waals surface area contributed by atoms with Crippen LogP contribution in [0.5, 0.6) is 0 Å². The minimum absolute atomic E-state index is 0.0743. The van der Waals surface area contributed by atoms with E-state index in [4.69, 9.17) is 5.73 Å². The Hall–Kier alpha value is -0.610. The Balaban J connectivity index is 1.56. The van der Waals surface area contributed by atoms with Crippen molar-refractivity contribution in [2.75, 3.05) is 6.54 Å². The van der Waals surface area contributed by atoms with Gasteiger partial charge in [-0.3, -0.25) is 10.1 Å². The zero-order chi connectivity index (χ0) is 9.76. The van der Waals surface area contributed by atoms with Crippen molar-refractivity contribution in [2.45, 2.75) is 43.3 Å². The first-order valence-electron chi connectivity index (χ1n) is 5.50. The van der Waals surface area contributed by atoms with Crippen LogP contribution in [0.15, 0.2) is 0 Å².